The predicted octanol–water partition coefficient (Wildman–Crippen LogP) is 2.82. The third-order valence-electron chi connectivity index (χ3n) is 2.63. The van der Waals surface area contributed by atoms with Gasteiger partial charge in [-0.2, -0.15) is 0 Å². The van der Waals surface area contributed by atoms with E-state index in [9.17, 15) is 9.59 Å². The number of carbonyl (C=O) groups is 2. The Morgan fingerprint density at radius 2 is 1.83 bits per heavy atom. The fourth-order valence-corrected chi connectivity index (χ4v) is 2.14. The Kier molecular flexibility index (Phi) is 7.64. The number of carbonyl (C=O) groups excluding carboxylic acids is 1. The van der Waals surface area contributed by atoms with Crippen molar-refractivity contribution < 1.29 is 14.7 Å². The SMILES string of the molecule is CC(CC(=O)NCCCCC(=O)O)CC(C)(C)C. The number of carboxylic acids is 1. The van der Waals surface area contributed by atoms with Gasteiger partial charge in [-0.1, -0.05) is 27.7 Å². The molecule has 0 aromatic carbocycles. The molecule has 0 aromatic heterocycles. The molecule has 1 amide bonds. The Labute approximate surface area is 110 Å². The molecule has 0 aliphatic heterocycles. The molecule has 0 aliphatic carbocycles. The minimum Gasteiger partial charge on any atom is -0.481 e. The second kappa shape index (κ2) is 8.11. The van der Waals surface area contributed by atoms with Gasteiger partial charge in [-0.05, 0) is 30.6 Å². The van der Waals surface area contributed by atoms with Crippen molar-refractivity contribution in [2.45, 2.75) is 59.8 Å². The van der Waals surface area contributed by atoms with Gasteiger partial charge in [0, 0.05) is 19.4 Å². The van der Waals surface area contributed by atoms with Crippen LogP contribution in [-0.4, -0.2) is 23.5 Å². The summed E-state index contributed by atoms with van der Waals surface area (Å²) < 4.78 is 0. The standard InChI is InChI=1S/C14H27NO3/c1-11(10-14(2,3)4)9-12(16)15-8-6-5-7-13(17)18/h11H,5-10H2,1-4H3,(H,15,16)(H,17,18). The second-order valence-corrected chi connectivity index (χ2v) is 6.27. The number of hydrogen-bond acceptors (Lipinski definition) is 2. The van der Waals surface area contributed by atoms with Gasteiger partial charge in [0.05, 0.1) is 0 Å². The average Bonchev–Trinajstić information content (AvgIpc) is 2.12. The molecule has 1 unspecified atom stereocenters. The number of nitrogens with one attached hydrogen (secondary N) is 1. The highest BCUT2D eigenvalue weighted by Gasteiger charge is 2.17. The minimum atomic E-state index is -0.778. The number of carboxylic acid groups (broad SMARTS) is 1. The van der Waals surface area contributed by atoms with Crippen LogP contribution < -0.4 is 5.32 Å². The first-order valence-corrected chi connectivity index (χ1v) is 6.69. The molecule has 0 heterocycles. The second-order valence-electron chi connectivity index (χ2n) is 6.27. The number of aliphatic carboxylic acids is 1. The quantitative estimate of drug-likeness (QED) is 0.657. The smallest absolute Gasteiger partial charge is 0.303 e. The van der Waals surface area contributed by atoms with Gasteiger partial charge in [0.1, 0.15) is 0 Å². The van der Waals surface area contributed by atoms with Crippen molar-refractivity contribution in [3.8, 4) is 0 Å². The van der Waals surface area contributed by atoms with Crippen LogP contribution in [0.2, 0.25) is 0 Å². The number of hydrogen-bond donors (Lipinski definition) is 2. The van der Waals surface area contributed by atoms with Gasteiger partial charge in [0.25, 0.3) is 0 Å². The summed E-state index contributed by atoms with van der Waals surface area (Å²) in [4.78, 5) is 21.9. The normalized spacial score (nSPS) is 13.1. The van der Waals surface area contributed by atoms with Crippen LogP contribution in [-0.2, 0) is 9.59 Å². The maximum absolute atomic E-state index is 11.6. The first-order chi connectivity index (χ1) is 8.20. The van der Waals surface area contributed by atoms with Crippen LogP contribution in [0.3, 0.4) is 0 Å². The summed E-state index contributed by atoms with van der Waals surface area (Å²) in [6, 6.07) is 0. The Morgan fingerprint density at radius 3 is 2.33 bits per heavy atom. The maximum atomic E-state index is 11.6. The molecule has 0 aliphatic rings. The summed E-state index contributed by atoms with van der Waals surface area (Å²) in [5.41, 5.74) is 0.251. The minimum absolute atomic E-state index is 0.0714. The summed E-state index contributed by atoms with van der Waals surface area (Å²) in [6.07, 6.45) is 3.10. The molecule has 0 fully saturated rings. The summed E-state index contributed by atoms with van der Waals surface area (Å²) in [5.74, 6) is -0.328. The summed E-state index contributed by atoms with van der Waals surface area (Å²) >= 11 is 0. The number of rotatable bonds is 8. The third-order valence-corrected chi connectivity index (χ3v) is 2.63. The van der Waals surface area contributed by atoms with Crippen LogP contribution in [0.25, 0.3) is 0 Å². The van der Waals surface area contributed by atoms with Crippen molar-refractivity contribution in [3.05, 3.63) is 0 Å². The Morgan fingerprint density at radius 1 is 1.22 bits per heavy atom. The first-order valence-electron chi connectivity index (χ1n) is 6.69. The first kappa shape index (κ1) is 16.9. The van der Waals surface area contributed by atoms with E-state index in [4.69, 9.17) is 5.11 Å². The van der Waals surface area contributed by atoms with Crippen LogP contribution >= 0.6 is 0 Å². The van der Waals surface area contributed by atoms with E-state index in [0.717, 1.165) is 12.8 Å². The Hall–Kier alpha value is -1.06. The van der Waals surface area contributed by atoms with E-state index in [1.54, 1.807) is 0 Å². The van der Waals surface area contributed by atoms with Crippen molar-refractivity contribution >= 4 is 11.9 Å². The van der Waals surface area contributed by atoms with E-state index in [2.05, 4.69) is 33.0 Å². The molecule has 0 saturated carbocycles. The molecule has 0 rings (SSSR count). The lowest BCUT2D eigenvalue weighted by molar-refractivity contribution is -0.137. The molecule has 2 N–H and O–H groups in total. The zero-order valence-electron chi connectivity index (χ0n) is 12.1. The van der Waals surface area contributed by atoms with Crippen molar-refractivity contribution in [1.82, 2.24) is 5.32 Å². The molecule has 4 heteroatoms. The van der Waals surface area contributed by atoms with Crippen molar-refractivity contribution in [3.63, 3.8) is 0 Å². The van der Waals surface area contributed by atoms with Crippen LogP contribution in [0.5, 0.6) is 0 Å². The highest BCUT2D eigenvalue weighted by Crippen LogP contribution is 2.25. The maximum Gasteiger partial charge on any atom is 0.303 e. The van der Waals surface area contributed by atoms with Gasteiger partial charge in [0.2, 0.25) is 5.91 Å². The fourth-order valence-electron chi connectivity index (χ4n) is 2.14. The average molecular weight is 257 g/mol. The summed E-state index contributed by atoms with van der Waals surface area (Å²) in [6.45, 7) is 9.19. The lowest BCUT2D eigenvalue weighted by Crippen LogP contribution is -2.27. The number of unbranched alkanes of at least 4 members (excludes halogenated alkanes) is 1. The van der Waals surface area contributed by atoms with Gasteiger partial charge in [-0.15, -0.1) is 0 Å². The molecule has 0 saturated heterocycles. The largest absolute Gasteiger partial charge is 0.481 e. The topological polar surface area (TPSA) is 66.4 Å². The van der Waals surface area contributed by atoms with Gasteiger partial charge in [-0.25, -0.2) is 0 Å². The van der Waals surface area contributed by atoms with Gasteiger partial charge in [0.15, 0.2) is 0 Å². The lowest BCUT2D eigenvalue weighted by Gasteiger charge is -2.22. The molecule has 18 heavy (non-hydrogen) atoms. The summed E-state index contributed by atoms with van der Waals surface area (Å²) in [5, 5.41) is 11.3. The van der Waals surface area contributed by atoms with Crippen LogP contribution in [0.1, 0.15) is 59.8 Å². The Bertz CT molecular complexity index is 269. The molecule has 0 radical (unpaired) electrons. The fraction of sp³-hybridized carbons (Fsp3) is 0.857. The highest BCUT2D eigenvalue weighted by atomic mass is 16.4. The van der Waals surface area contributed by atoms with E-state index in [1.165, 1.54) is 0 Å². The van der Waals surface area contributed by atoms with E-state index in [-0.39, 0.29) is 17.7 Å². The van der Waals surface area contributed by atoms with Gasteiger partial charge >= 0.3 is 5.97 Å². The predicted molar refractivity (Wildman–Crippen MR) is 72.3 cm³/mol. The zero-order valence-corrected chi connectivity index (χ0v) is 12.1. The van der Waals surface area contributed by atoms with Crippen LogP contribution in [0.4, 0.5) is 0 Å². The molecular weight excluding hydrogens is 230 g/mol. The van der Waals surface area contributed by atoms with E-state index < -0.39 is 5.97 Å². The highest BCUT2D eigenvalue weighted by molar-refractivity contribution is 5.76. The Balaban J connectivity index is 3.62. The van der Waals surface area contributed by atoms with Gasteiger partial charge < -0.3 is 10.4 Å². The van der Waals surface area contributed by atoms with Gasteiger partial charge in [-0.3, -0.25) is 9.59 Å². The molecule has 106 valence electrons. The summed E-state index contributed by atoms with van der Waals surface area (Å²) in [7, 11) is 0. The van der Waals surface area contributed by atoms with Crippen LogP contribution in [0.15, 0.2) is 0 Å². The molecule has 0 aromatic rings. The van der Waals surface area contributed by atoms with Crippen molar-refractivity contribution in [2.75, 3.05) is 6.54 Å². The van der Waals surface area contributed by atoms with E-state index >= 15 is 0 Å². The molecule has 0 spiro atoms. The zero-order chi connectivity index (χ0) is 14.2. The number of amides is 1. The van der Waals surface area contributed by atoms with E-state index in [1.807, 2.05) is 0 Å². The molecule has 4 nitrogen and oxygen atoms in total. The van der Waals surface area contributed by atoms with E-state index in [0.29, 0.717) is 25.3 Å². The van der Waals surface area contributed by atoms with Crippen LogP contribution in [0, 0.1) is 11.3 Å². The monoisotopic (exact) mass is 257 g/mol. The molecule has 0 bridgehead atoms. The molecule has 1 atom stereocenters. The van der Waals surface area contributed by atoms with Crippen molar-refractivity contribution in [1.29, 1.82) is 0 Å². The van der Waals surface area contributed by atoms with Crippen molar-refractivity contribution in [2.24, 2.45) is 11.3 Å². The third kappa shape index (κ3) is 11.4. The lowest BCUT2D eigenvalue weighted by atomic mass is 9.84. The molecular formula is C14H27NO3.